The van der Waals surface area contributed by atoms with Crippen molar-refractivity contribution in [3.05, 3.63) is 59.5 Å². The van der Waals surface area contributed by atoms with E-state index < -0.39 is 0 Å². The molecule has 5 nitrogen and oxygen atoms in total. The maximum atomic E-state index is 13.4. The number of aryl methyl sites for hydroxylation is 1. The summed E-state index contributed by atoms with van der Waals surface area (Å²) < 4.78 is 24.5. The predicted octanol–water partition coefficient (Wildman–Crippen LogP) is 4.35. The second-order valence-corrected chi connectivity index (χ2v) is 5.42. The molecule has 0 aliphatic rings. The lowest BCUT2D eigenvalue weighted by molar-refractivity contribution is 0.510. The van der Waals surface area contributed by atoms with Crippen LogP contribution in [0.15, 0.2) is 50.4 Å². The zero-order chi connectivity index (χ0) is 16.9. The van der Waals surface area contributed by atoms with E-state index in [2.05, 4.69) is 15.6 Å². The third kappa shape index (κ3) is 4.75. The van der Waals surface area contributed by atoms with Crippen LogP contribution in [0.25, 0.3) is 11.0 Å². The Hall–Kier alpha value is -2.03. The van der Waals surface area contributed by atoms with Crippen LogP contribution in [0.3, 0.4) is 0 Å². The van der Waals surface area contributed by atoms with Crippen molar-refractivity contribution in [3.8, 4) is 0 Å². The molecule has 0 amide bonds. The zero-order valence-corrected chi connectivity index (χ0v) is 16.5. The number of furan rings is 2. The van der Waals surface area contributed by atoms with Crippen LogP contribution in [-0.4, -0.2) is 12.5 Å². The second-order valence-electron chi connectivity index (χ2n) is 5.42. The molecule has 0 unspecified atom stereocenters. The van der Waals surface area contributed by atoms with E-state index in [0.29, 0.717) is 24.6 Å². The fourth-order valence-electron chi connectivity index (χ4n) is 2.48. The molecule has 0 saturated carbocycles. The fourth-order valence-corrected chi connectivity index (χ4v) is 2.48. The first-order valence-corrected chi connectivity index (χ1v) is 7.89. The molecule has 2 N–H and O–H groups in total. The van der Waals surface area contributed by atoms with Crippen LogP contribution in [-0.2, 0) is 13.1 Å². The fraction of sp³-hybridized carbons (Fsp3) is 0.278. The van der Waals surface area contributed by atoms with Crippen LogP contribution in [0.2, 0.25) is 0 Å². The third-order valence-electron chi connectivity index (χ3n) is 3.73. The number of halogens is 2. The summed E-state index contributed by atoms with van der Waals surface area (Å²) in [5, 5.41) is 7.19. The molecule has 0 radical (unpaired) electrons. The van der Waals surface area contributed by atoms with Gasteiger partial charge in [-0.15, -0.1) is 24.0 Å². The molecule has 3 aromatic rings. The van der Waals surface area contributed by atoms with E-state index in [-0.39, 0.29) is 29.8 Å². The number of nitrogens with zero attached hydrogens (tertiary/aromatic N) is 1. The summed E-state index contributed by atoms with van der Waals surface area (Å²) in [6.45, 7) is 5.58. The number of aliphatic imine (C=N–C) groups is 1. The van der Waals surface area contributed by atoms with Gasteiger partial charge in [0.1, 0.15) is 29.5 Å². The second kappa shape index (κ2) is 8.89. The lowest BCUT2D eigenvalue weighted by Crippen LogP contribution is -2.36. The number of guanidine groups is 1. The highest BCUT2D eigenvalue weighted by Gasteiger charge is 2.11. The van der Waals surface area contributed by atoms with Gasteiger partial charge in [0, 0.05) is 17.5 Å². The lowest BCUT2D eigenvalue weighted by Gasteiger charge is -2.10. The summed E-state index contributed by atoms with van der Waals surface area (Å²) in [6.07, 6.45) is 1.63. The van der Waals surface area contributed by atoms with Gasteiger partial charge in [-0.1, -0.05) is 0 Å². The molecule has 0 fully saturated rings. The molecule has 0 aliphatic carbocycles. The highest BCUT2D eigenvalue weighted by atomic mass is 127. The van der Waals surface area contributed by atoms with E-state index in [0.717, 1.165) is 29.0 Å². The Morgan fingerprint density at radius 1 is 1.24 bits per heavy atom. The Labute approximate surface area is 162 Å². The first kappa shape index (κ1) is 19.3. The Bertz CT molecular complexity index is 844. The van der Waals surface area contributed by atoms with Crippen LogP contribution in [0.5, 0.6) is 0 Å². The van der Waals surface area contributed by atoms with Crippen molar-refractivity contribution in [2.24, 2.45) is 4.99 Å². The summed E-state index contributed by atoms with van der Waals surface area (Å²) in [4.78, 5) is 4.47. The average Bonchev–Trinajstić information content (AvgIpc) is 3.19. The van der Waals surface area contributed by atoms with Crippen LogP contribution in [0.1, 0.15) is 24.0 Å². The van der Waals surface area contributed by atoms with Gasteiger partial charge in [0.15, 0.2) is 5.96 Å². The average molecular weight is 457 g/mol. The van der Waals surface area contributed by atoms with Crippen molar-refractivity contribution >= 4 is 40.9 Å². The summed E-state index contributed by atoms with van der Waals surface area (Å²) in [5.74, 6) is 1.96. The molecular weight excluding hydrogens is 436 g/mol. The molecule has 0 aliphatic heterocycles. The van der Waals surface area contributed by atoms with Crippen LogP contribution < -0.4 is 10.6 Å². The van der Waals surface area contributed by atoms with Crippen molar-refractivity contribution in [2.45, 2.75) is 26.9 Å². The van der Waals surface area contributed by atoms with Crippen LogP contribution >= 0.6 is 24.0 Å². The molecule has 0 atom stereocenters. The maximum absolute atomic E-state index is 13.4. The number of fused-ring (bicyclic) bond motifs is 1. The van der Waals surface area contributed by atoms with E-state index in [1.54, 1.807) is 12.3 Å². The minimum absolute atomic E-state index is 0. The summed E-state index contributed by atoms with van der Waals surface area (Å²) >= 11 is 0. The molecule has 1 aromatic carbocycles. The van der Waals surface area contributed by atoms with Crippen molar-refractivity contribution < 1.29 is 13.2 Å². The zero-order valence-electron chi connectivity index (χ0n) is 14.1. The van der Waals surface area contributed by atoms with Gasteiger partial charge in [0.2, 0.25) is 0 Å². The van der Waals surface area contributed by atoms with E-state index in [1.807, 2.05) is 26.0 Å². The third-order valence-corrected chi connectivity index (χ3v) is 3.73. The standard InChI is InChI=1S/C18H20FN3O2.HI/c1-3-20-18(21-10-14-5-4-8-23-14)22-11-17-12(2)15-9-13(19)6-7-16(15)24-17;/h4-9H,3,10-11H2,1-2H3,(H2,20,21,22);1H. The van der Waals surface area contributed by atoms with E-state index in [4.69, 9.17) is 8.83 Å². The van der Waals surface area contributed by atoms with E-state index in [1.165, 1.54) is 12.1 Å². The normalized spacial score (nSPS) is 11.4. The van der Waals surface area contributed by atoms with Gasteiger partial charge < -0.3 is 19.5 Å². The molecular formula is C18H21FIN3O2. The highest BCUT2D eigenvalue weighted by molar-refractivity contribution is 14.0. The Morgan fingerprint density at radius 3 is 2.80 bits per heavy atom. The topological polar surface area (TPSA) is 62.7 Å². The molecule has 3 rings (SSSR count). The van der Waals surface area contributed by atoms with Gasteiger partial charge in [-0.05, 0) is 44.2 Å². The number of benzene rings is 1. The number of hydrogen-bond donors (Lipinski definition) is 2. The molecule has 0 bridgehead atoms. The minimum atomic E-state index is -0.265. The largest absolute Gasteiger partial charge is 0.467 e. The van der Waals surface area contributed by atoms with Crippen molar-refractivity contribution in [1.82, 2.24) is 10.6 Å². The minimum Gasteiger partial charge on any atom is -0.467 e. The molecule has 134 valence electrons. The van der Waals surface area contributed by atoms with Crippen molar-refractivity contribution in [3.63, 3.8) is 0 Å². The van der Waals surface area contributed by atoms with Crippen LogP contribution in [0.4, 0.5) is 4.39 Å². The number of rotatable bonds is 5. The van der Waals surface area contributed by atoms with Crippen molar-refractivity contribution in [2.75, 3.05) is 6.54 Å². The number of nitrogens with one attached hydrogen (secondary N) is 2. The van der Waals surface area contributed by atoms with Gasteiger partial charge in [0.05, 0.1) is 12.8 Å². The Morgan fingerprint density at radius 2 is 2.08 bits per heavy atom. The van der Waals surface area contributed by atoms with Gasteiger partial charge in [-0.25, -0.2) is 9.38 Å². The highest BCUT2D eigenvalue weighted by Crippen LogP contribution is 2.25. The Kier molecular flexibility index (Phi) is 6.86. The quantitative estimate of drug-likeness (QED) is 0.340. The van der Waals surface area contributed by atoms with E-state index >= 15 is 0 Å². The van der Waals surface area contributed by atoms with Gasteiger partial charge >= 0.3 is 0 Å². The maximum Gasteiger partial charge on any atom is 0.192 e. The first-order chi connectivity index (χ1) is 11.7. The van der Waals surface area contributed by atoms with Gasteiger partial charge in [-0.3, -0.25) is 0 Å². The summed E-state index contributed by atoms with van der Waals surface area (Å²) in [6, 6.07) is 8.26. The molecule has 7 heteroatoms. The first-order valence-electron chi connectivity index (χ1n) is 7.89. The Balaban J connectivity index is 0.00000225. The summed E-state index contributed by atoms with van der Waals surface area (Å²) in [5.41, 5.74) is 1.61. The van der Waals surface area contributed by atoms with E-state index in [9.17, 15) is 4.39 Å². The molecule has 25 heavy (non-hydrogen) atoms. The smallest absolute Gasteiger partial charge is 0.192 e. The predicted molar refractivity (Wildman–Crippen MR) is 107 cm³/mol. The molecule has 0 spiro atoms. The SMILES string of the molecule is CCNC(=NCc1ccco1)NCc1oc2ccc(F)cc2c1C.I. The number of hydrogen-bond acceptors (Lipinski definition) is 3. The van der Waals surface area contributed by atoms with Gasteiger partial charge in [0.25, 0.3) is 0 Å². The van der Waals surface area contributed by atoms with Crippen molar-refractivity contribution in [1.29, 1.82) is 0 Å². The molecule has 2 heterocycles. The van der Waals surface area contributed by atoms with Gasteiger partial charge in [-0.2, -0.15) is 0 Å². The monoisotopic (exact) mass is 457 g/mol. The lowest BCUT2D eigenvalue weighted by atomic mass is 10.1. The molecule has 0 saturated heterocycles. The summed E-state index contributed by atoms with van der Waals surface area (Å²) in [7, 11) is 0. The molecule has 2 aromatic heterocycles. The van der Waals surface area contributed by atoms with Crippen LogP contribution in [0, 0.1) is 12.7 Å².